The van der Waals surface area contributed by atoms with E-state index in [2.05, 4.69) is 0 Å². The topological polar surface area (TPSA) is 87.0 Å². The SMILES string of the molecule is CC1=CC2OC(=O)C(C)=C2CCC(C)(O)C=CCC(C)(O)C(O)CC1. The number of carbonyl (C=O) groups excluding carboxylic acids is 1. The van der Waals surface area contributed by atoms with E-state index in [4.69, 9.17) is 4.74 Å². The standard InChI is InChI=1S/C20H30O5/c1-13-6-7-17(21)20(4,24)10-5-9-19(3,23)11-8-15-14(2)18(22)25-16(15)12-13/h5,9,12,16-17,21,23-24H,6-8,10-11H2,1-4H3. The lowest BCUT2D eigenvalue weighted by atomic mass is 9.87. The Morgan fingerprint density at radius 2 is 1.88 bits per heavy atom. The van der Waals surface area contributed by atoms with Gasteiger partial charge in [0.15, 0.2) is 0 Å². The van der Waals surface area contributed by atoms with E-state index in [0.717, 1.165) is 11.1 Å². The van der Waals surface area contributed by atoms with Crippen LogP contribution in [-0.2, 0) is 9.53 Å². The summed E-state index contributed by atoms with van der Waals surface area (Å²) in [7, 11) is 0. The molecule has 4 atom stereocenters. The van der Waals surface area contributed by atoms with Crippen molar-refractivity contribution in [3.05, 3.63) is 34.9 Å². The molecule has 0 fully saturated rings. The predicted octanol–water partition coefficient (Wildman–Crippen LogP) is 2.56. The summed E-state index contributed by atoms with van der Waals surface area (Å²) in [6.07, 6.45) is 6.28. The van der Waals surface area contributed by atoms with Gasteiger partial charge in [0.1, 0.15) is 6.10 Å². The third kappa shape index (κ3) is 5.03. The number of aliphatic hydroxyl groups is 3. The van der Waals surface area contributed by atoms with Gasteiger partial charge in [0, 0.05) is 5.57 Å². The van der Waals surface area contributed by atoms with Gasteiger partial charge in [0.05, 0.1) is 17.3 Å². The van der Waals surface area contributed by atoms with E-state index in [1.165, 1.54) is 0 Å². The van der Waals surface area contributed by atoms with Gasteiger partial charge in [-0.2, -0.15) is 0 Å². The van der Waals surface area contributed by atoms with Crippen molar-refractivity contribution in [3.8, 4) is 0 Å². The highest BCUT2D eigenvalue weighted by Gasteiger charge is 2.33. The van der Waals surface area contributed by atoms with E-state index in [-0.39, 0.29) is 12.4 Å². The molecular formula is C20H30O5. The lowest BCUT2D eigenvalue weighted by molar-refractivity contribution is -0.138. The first-order valence-corrected chi connectivity index (χ1v) is 8.90. The summed E-state index contributed by atoms with van der Waals surface area (Å²) in [4.78, 5) is 11.9. The van der Waals surface area contributed by atoms with Crippen LogP contribution in [0.25, 0.3) is 0 Å². The van der Waals surface area contributed by atoms with Crippen molar-refractivity contribution in [1.82, 2.24) is 0 Å². The average molecular weight is 350 g/mol. The van der Waals surface area contributed by atoms with Crippen molar-refractivity contribution in [2.45, 2.75) is 83.2 Å². The zero-order valence-corrected chi connectivity index (χ0v) is 15.6. The molecule has 1 heterocycles. The van der Waals surface area contributed by atoms with Gasteiger partial charge in [-0.15, -0.1) is 0 Å². The molecule has 5 nitrogen and oxygen atoms in total. The summed E-state index contributed by atoms with van der Waals surface area (Å²) in [5, 5.41) is 31.3. The summed E-state index contributed by atoms with van der Waals surface area (Å²) >= 11 is 0. The Kier molecular flexibility index (Phi) is 5.92. The highest BCUT2D eigenvalue weighted by molar-refractivity contribution is 5.92. The summed E-state index contributed by atoms with van der Waals surface area (Å²) in [6.45, 7) is 6.99. The zero-order chi connectivity index (χ0) is 18.8. The third-order valence-electron chi connectivity index (χ3n) is 5.24. The minimum absolute atomic E-state index is 0.263. The third-order valence-corrected chi connectivity index (χ3v) is 5.24. The Bertz CT molecular complexity index is 610. The lowest BCUT2D eigenvalue weighted by Crippen LogP contribution is -2.39. The summed E-state index contributed by atoms with van der Waals surface area (Å²) in [5.41, 5.74) is 0.206. The van der Waals surface area contributed by atoms with E-state index < -0.39 is 23.4 Å². The van der Waals surface area contributed by atoms with Gasteiger partial charge in [-0.25, -0.2) is 4.79 Å². The number of hydrogen-bond donors (Lipinski definition) is 3. The maximum Gasteiger partial charge on any atom is 0.334 e. The second-order valence-corrected chi connectivity index (χ2v) is 7.86. The molecule has 0 amide bonds. The fourth-order valence-electron chi connectivity index (χ4n) is 3.26. The number of allylic oxidation sites excluding steroid dienone is 1. The minimum atomic E-state index is -1.25. The lowest BCUT2D eigenvalue weighted by Gasteiger charge is -2.29. The van der Waals surface area contributed by atoms with Crippen molar-refractivity contribution in [3.63, 3.8) is 0 Å². The summed E-state index contributed by atoms with van der Waals surface area (Å²) < 4.78 is 5.44. The Balaban J connectivity index is 2.31. The van der Waals surface area contributed by atoms with Crippen LogP contribution in [-0.4, -0.2) is 44.7 Å². The first-order valence-electron chi connectivity index (χ1n) is 8.90. The minimum Gasteiger partial charge on any atom is -0.450 e. The molecule has 0 bridgehead atoms. The number of esters is 1. The molecule has 4 unspecified atom stereocenters. The molecule has 0 saturated heterocycles. The number of aliphatic hydroxyl groups excluding tert-OH is 1. The fraction of sp³-hybridized carbons (Fsp3) is 0.650. The van der Waals surface area contributed by atoms with E-state index in [1.54, 1.807) is 32.9 Å². The van der Waals surface area contributed by atoms with Crippen LogP contribution in [0.5, 0.6) is 0 Å². The highest BCUT2D eigenvalue weighted by atomic mass is 16.5. The smallest absolute Gasteiger partial charge is 0.334 e. The van der Waals surface area contributed by atoms with E-state index >= 15 is 0 Å². The molecule has 3 N–H and O–H groups in total. The van der Waals surface area contributed by atoms with E-state index in [0.29, 0.717) is 31.3 Å². The molecule has 1 aliphatic heterocycles. The molecule has 0 radical (unpaired) electrons. The van der Waals surface area contributed by atoms with Gasteiger partial charge in [0.2, 0.25) is 0 Å². The van der Waals surface area contributed by atoms with Gasteiger partial charge in [-0.3, -0.25) is 0 Å². The van der Waals surface area contributed by atoms with E-state index in [9.17, 15) is 20.1 Å². The molecule has 0 aromatic heterocycles. The maximum absolute atomic E-state index is 11.9. The van der Waals surface area contributed by atoms with Crippen molar-refractivity contribution >= 4 is 5.97 Å². The molecule has 2 aliphatic rings. The highest BCUT2D eigenvalue weighted by Crippen LogP contribution is 2.32. The largest absolute Gasteiger partial charge is 0.450 e. The predicted molar refractivity (Wildman–Crippen MR) is 95.8 cm³/mol. The second-order valence-electron chi connectivity index (χ2n) is 7.86. The molecule has 0 spiro atoms. The van der Waals surface area contributed by atoms with Gasteiger partial charge in [-0.1, -0.05) is 17.7 Å². The Hall–Kier alpha value is -1.43. The van der Waals surface area contributed by atoms with Crippen LogP contribution in [0.2, 0.25) is 0 Å². The van der Waals surface area contributed by atoms with Crippen LogP contribution in [0.4, 0.5) is 0 Å². The van der Waals surface area contributed by atoms with Crippen LogP contribution >= 0.6 is 0 Å². The molecule has 0 aromatic carbocycles. The van der Waals surface area contributed by atoms with Crippen molar-refractivity contribution in [2.24, 2.45) is 0 Å². The quantitative estimate of drug-likeness (QED) is 0.462. The van der Waals surface area contributed by atoms with Crippen molar-refractivity contribution < 1.29 is 24.9 Å². The Labute approximate surface area is 149 Å². The van der Waals surface area contributed by atoms with Crippen LogP contribution < -0.4 is 0 Å². The summed E-state index contributed by atoms with van der Waals surface area (Å²) in [6, 6.07) is 0. The molecule has 140 valence electrons. The van der Waals surface area contributed by atoms with Crippen LogP contribution in [0.3, 0.4) is 0 Å². The van der Waals surface area contributed by atoms with Crippen LogP contribution in [0.15, 0.2) is 34.9 Å². The zero-order valence-electron chi connectivity index (χ0n) is 15.6. The molecule has 0 saturated carbocycles. The van der Waals surface area contributed by atoms with Gasteiger partial charge >= 0.3 is 5.97 Å². The molecule has 2 rings (SSSR count). The number of ether oxygens (including phenoxy) is 1. The molecule has 0 aromatic rings. The van der Waals surface area contributed by atoms with Gasteiger partial charge < -0.3 is 20.1 Å². The molecular weight excluding hydrogens is 320 g/mol. The first-order chi connectivity index (χ1) is 11.5. The van der Waals surface area contributed by atoms with E-state index in [1.807, 2.05) is 13.0 Å². The second kappa shape index (κ2) is 7.44. The maximum atomic E-state index is 11.9. The van der Waals surface area contributed by atoms with Gasteiger partial charge in [0.25, 0.3) is 0 Å². The normalized spacial score (nSPS) is 38.0. The number of rotatable bonds is 0. The number of carbonyl (C=O) groups is 1. The summed E-state index contributed by atoms with van der Waals surface area (Å²) in [5.74, 6) is -0.313. The van der Waals surface area contributed by atoms with Gasteiger partial charge in [-0.05, 0) is 71.4 Å². The molecule has 5 heteroatoms. The molecule has 1 aliphatic carbocycles. The average Bonchev–Trinajstić information content (AvgIpc) is 2.76. The Morgan fingerprint density at radius 3 is 2.56 bits per heavy atom. The number of fused-ring (bicyclic) bond motifs is 1. The Morgan fingerprint density at radius 1 is 1.20 bits per heavy atom. The van der Waals surface area contributed by atoms with Crippen molar-refractivity contribution in [2.75, 3.05) is 0 Å². The van der Waals surface area contributed by atoms with Crippen molar-refractivity contribution in [1.29, 1.82) is 0 Å². The number of hydrogen-bond acceptors (Lipinski definition) is 5. The fourth-order valence-corrected chi connectivity index (χ4v) is 3.26. The monoisotopic (exact) mass is 350 g/mol. The van der Waals surface area contributed by atoms with Crippen LogP contribution in [0.1, 0.15) is 59.8 Å². The first kappa shape index (κ1) is 19.9. The van der Waals surface area contributed by atoms with Crippen LogP contribution in [0, 0.1) is 0 Å². The molecule has 25 heavy (non-hydrogen) atoms.